The topological polar surface area (TPSA) is 51.9 Å². The van der Waals surface area contributed by atoms with E-state index < -0.39 is 0 Å². The fourth-order valence-corrected chi connectivity index (χ4v) is 4.32. The van der Waals surface area contributed by atoms with Crippen LogP contribution in [0.1, 0.15) is 0 Å². The number of rotatable bonds is 3. The molecule has 0 radical (unpaired) electrons. The molecule has 0 aliphatic rings. The van der Waals surface area contributed by atoms with E-state index in [0.717, 1.165) is 50.7 Å². The third-order valence-electron chi connectivity index (χ3n) is 5.93. The van der Waals surface area contributed by atoms with Gasteiger partial charge in [-0.2, -0.15) is 28.8 Å². The number of hydrogen-bond donors (Lipinski definition) is 0. The highest BCUT2D eigenvalue weighted by Crippen LogP contribution is 2.27. The molecule has 7 aromatic rings. The van der Waals surface area contributed by atoms with E-state index in [9.17, 15) is 0 Å². The van der Waals surface area contributed by atoms with Gasteiger partial charge in [0.25, 0.3) is 0 Å². The van der Waals surface area contributed by atoms with Crippen LogP contribution in [0.15, 0.2) is 109 Å². The number of fused-ring (bicyclic) bond motifs is 6. The molecule has 0 aliphatic heterocycles. The van der Waals surface area contributed by atoms with Crippen molar-refractivity contribution in [3.05, 3.63) is 109 Å². The lowest BCUT2D eigenvalue weighted by atomic mass is 10.2. The Morgan fingerprint density at radius 2 is 0.636 bits per heavy atom. The van der Waals surface area contributed by atoms with Gasteiger partial charge in [0.05, 0.1) is 17.1 Å². The van der Waals surface area contributed by atoms with Crippen molar-refractivity contribution < 1.29 is 0 Å². The minimum atomic E-state index is 0.887. The molecule has 0 spiro atoms. The summed E-state index contributed by atoms with van der Waals surface area (Å²) in [6.45, 7) is 0. The van der Waals surface area contributed by atoms with Gasteiger partial charge in [-0.25, -0.2) is 0 Å². The zero-order valence-corrected chi connectivity index (χ0v) is 17.6. The summed E-state index contributed by atoms with van der Waals surface area (Å²) in [7, 11) is 0. The summed E-state index contributed by atoms with van der Waals surface area (Å²) in [5.74, 6) is 0. The molecular formula is C27H18N6. The molecule has 0 N–H and O–H groups in total. The molecule has 4 aromatic heterocycles. The van der Waals surface area contributed by atoms with Crippen LogP contribution >= 0.6 is 0 Å². The van der Waals surface area contributed by atoms with Crippen molar-refractivity contribution in [1.82, 2.24) is 28.8 Å². The number of benzene rings is 3. The molecule has 3 aromatic carbocycles. The highest BCUT2D eigenvalue weighted by atomic mass is 15.4. The molecule has 4 heterocycles. The first-order chi connectivity index (χ1) is 16.3. The lowest BCUT2D eigenvalue weighted by Gasteiger charge is -2.01. The quantitative estimate of drug-likeness (QED) is 0.368. The van der Waals surface area contributed by atoms with Gasteiger partial charge in [0.15, 0.2) is 16.9 Å². The van der Waals surface area contributed by atoms with E-state index in [1.807, 2.05) is 68.1 Å². The Labute approximate surface area is 189 Å². The van der Waals surface area contributed by atoms with Crippen LogP contribution in [0.5, 0.6) is 0 Å². The molecular weight excluding hydrogens is 408 g/mol. The first kappa shape index (κ1) is 17.9. The van der Waals surface area contributed by atoms with Gasteiger partial charge < -0.3 is 0 Å². The summed E-state index contributed by atoms with van der Waals surface area (Å²) in [5.41, 5.74) is 8.52. The highest BCUT2D eigenvalue weighted by molar-refractivity contribution is 5.74. The molecule has 6 nitrogen and oxygen atoms in total. The van der Waals surface area contributed by atoms with Gasteiger partial charge >= 0.3 is 0 Å². The summed E-state index contributed by atoms with van der Waals surface area (Å²) < 4.78 is 5.78. The summed E-state index contributed by atoms with van der Waals surface area (Å²) in [6.07, 6.45) is 0. The summed E-state index contributed by atoms with van der Waals surface area (Å²) in [6, 6.07) is 36.9. The second-order valence-electron chi connectivity index (χ2n) is 8.00. The fraction of sp³-hybridized carbons (Fsp3) is 0. The van der Waals surface area contributed by atoms with Crippen molar-refractivity contribution in [3.8, 4) is 33.8 Å². The SMILES string of the molecule is c1ccc(-c2cc3n(n2)c2cc(-c4ccccc4)nn2c2cc(-c4ccccc4)nn32)cc1. The monoisotopic (exact) mass is 426 g/mol. The minimum Gasteiger partial charge on any atom is -0.196 e. The Kier molecular flexibility index (Phi) is 3.75. The van der Waals surface area contributed by atoms with Crippen molar-refractivity contribution >= 4 is 16.9 Å². The third kappa shape index (κ3) is 2.78. The predicted molar refractivity (Wildman–Crippen MR) is 129 cm³/mol. The molecule has 156 valence electrons. The first-order valence-electron chi connectivity index (χ1n) is 10.8. The Morgan fingerprint density at radius 1 is 0.364 bits per heavy atom. The van der Waals surface area contributed by atoms with E-state index in [4.69, 9.17) is 15.3 Å². The molecule has 0 amide bonds. The Bertz CT molecular complexity index is 1440. The maximum atomic E-state index is 4.95. The van der Waals surface area contributed by atoms with Crippen molar-refractivity contribution in [2.75, 3.05) is 0 Å². The van der Waals surface area contributed by atoms with Gasteiger partial charge in [-0.1, -0.05) is 91.0 Å². The van der Waals surface area contributed by atoms with E-state index in [0.29, 0.717) is 0 Å². The molecule has 0 saturated carbocycles. The van der Waals surface area contributed by atoms with Crippen LogP contribution < -0.4 is 0 Å². The second kappa shape index (κ2) is 6.90. The lowest BCUT2D eigenvalue weighted by molar-refractivity contribution is 0.831. The maximum absolute atomic E-state index is 4.95. The van der Waals surface area contributed by atoms with Gasteiger partial charge in [0.1, 0.15) is 0 Å². The van der Waals surface area contributed by atoms with Crippen LogP contribution in [-0.2, 0) is 0 Å². The zero-order valence-electron chi connectivity index (χ0n) is 17.6. The van der Waals surface area contributed by atoms with E-state index in [1.54, 1.807) is 0 Å². The number of hydrogen-bond acceptors (Lipinski definition) is 3. The van der Waals surface area contributed by atoms with Gasteiger partial charge in [0.2, 0.25) is 0 Å². The smallest absolute Gasteiger partial charge is 0.162 e. The molecule has 6 heteroatoms. The van der Waals surface area contributed by atoms with E-state index >= 15 is 0 Å². The van der Waals surface area contributed by atoms with Gasteiger partial charge in [0, 0.05) is 34.9 Å². The van der Waals surface area contributed by atoms with Crippen molar-refractivity contribution in [3.63, 3.8) is 0 Å². The van der Waals surface area contributed by atoms with Gasteiger partial charge in [-0.3, -0.25) is 0 Å². The van der Waals surface area contributed by atoms with Crippen molar-refractivity contribution in [2.24, 2.45) is 0 Å². The Morgan fingerprint density at radius 3 is 0.909 bits per heavy atom. The molecule has 0 fully saturated rings. The fourth-order valence-electron chi connectivity index (χ4n) is 4.32. The lowest BCUT2D eigenvalue weighted by Crippen LogP contribution is -2.04. The second-order valence-corrected chi connectivity index (χ2v) is 8.00. The molecule has 7 rings (SSSR count). The molecule has 0 saturated heterocycles. The van der Waals surface area contributed by atoms with Crippen LogP contribution in [0.25, 0.3) is 50.7 Å². The van der Waals surface area contributed by atoms with Gasteiger partial charge in [-0.15, -0.1) is 0 Å². The van der Waals surface area contributed by atoms with Crippen LogP contribution in [0.2, 0.25) is 0 Å². The van der Waals surface area contributed by atoms with Crippen molar-refractivity contribution in [1.29, 1.82) is 0 Å². The first-order valence-corrected chi connectivity index (χ1v) is 10.8. The average Bonchev–Trinajstić information content (AvgIpc) is 3.62. The van der Waals surface area contributed by atoms with E-state index in [2.05, 4.69) is 54.6 Å². The van der Waals surface area contributed by atoms with Crippen LogP contribution in [0.3, 0.4) is 0 Å². The van der Waals surface area contributed by atoms with Gasteiger partial charge in [-0.05, 0) is 0 Å². The average molecular weight is 426 g/mol. The van der Waals surface area contributed by atoms with E-state index in [1.165, 1.54) is 0 Å². The molecule has 0 atom stereocenters. The molecule has 33 heavy (non-hydrogen) atoms. The third-order valence-corrected chi connectivity index (χ3v) is 5.93. The molecule has 0 unspecified atom stereocenters. The summed E-state index contributed by atoms with van der Waals surface area (Å²) >= 11 is 0. The number of aromatic nitrogens is 6. The maximum Gasteiger partial charge on any atom is 0.162 e. The van der Waals surface area contributed by atoms with Crippen molar-refractivity contribution in [2.45, 2.75) is 0 Å². The largest absolute Gasteiger partial charge is 0.196 e. The molecule has 0 bridgehead atoms. The number of nitrogens with zero attached hydrogens (tertiary/aromatic N) is 6. The van der Waals surface area contributed by atoms with E-state index in [-0.39, 0.29) is 0 Å². The highest BCUT2D eigenvalue weighted by Gasteiger charge is 2.18. The zero-order chi connectivity index (χ0) is 21.8. The predicted octanol–water partition coefficient (Wildman–Crippen LogP) is 5.63. The van der Waals surface area contributed by atoms with Crippen LogP contribution in [0.4, 0.5) is 0 Å². The van der Waals surface area contributed by atoms with Crippen LogP contribution in [-0.4, -0.2) is 28.8 Å². The Hall–Kier alpha value is -4.71. The minimum absolute atomic E-state index is 0.887. The summed E-state index contributed by atoms with van der Waals surface area (Å²) in [4.78, 5) is 0. The molecule has 0 aliphatic carbocycles. The van der Waals surface area contributed by atoms with Crippen LogP contribution in [0, 0.1) is 0 Å². The normalized spacial score (nSPS) is 11.6. The standard InChI is InChI=1S/C27H18N6/c1-4-10-19(11-5-1)22-16-25-31(28-22)26-17-23(20-12-6-2-7-13-20)30-33(26)27-18-24(29-32(25)27)21-14-8-3-9-15-21/h1-18H. The Balaban J connectivity index is 1.57. The summed E-state index contributed by atoms with van der Waals surface area (Å²) in [5, 5.41) is 14.8.